The van der Waals surface area contributed by atoms with E-state index in [2.05, 4.69) is 11.8 Å². The summed E-state index contributed by atoms with van der Waals surface area (Å²) < 4.78 is 0. The van der Waals surface area contributed by atoms with Crippen LogP contribution < -0.4 is 4.90 Å². The lowest BCUT2D eigenvalue weighted by atomic mass is 10.2. The fraction of sp³-hybridized carbons (Fsp3) is 0.182. The van der Waals surface area contributed by atoms with Gasteiger partial charge in [-0.2, -0.15) is 0 Å². The molecule has 2 heteroatoms. The Morgan fingerprint density at radius 3 is 2.77 bits per heavy atom. The predicted octanol–water partition coefficient (Wildman–Crippen LogP) is 1.30. The van der Waals surface area contributed by atoms with Gasteiger partial charge in [-0.05, 0) is 24.1 Å². The van der Waals surface area contributed by atoms with Crippen molar-refractivity contribution in [2.75, 3.05) is 19.0 Å². The summed E-state index contributed by atoms with van der Waals surface area (Å²) in [7, 11) is 3.93. The van der Waals surface area contributed by atoms with Gasteiger partial charge in [0, 0.05) is 25.3 Å². The van der Waals surface area contributed by atoms with Crippen LogP contribution in [0.15, 0.2) is 24.3 Å². The van der Waals surface area contributed by atoms with Crippen LogP contribution in [0.1, 0.15) is 5.56 Å². The smallest absolute Gasteiger partial charge is 0.193 e. The number of carbonyl (C=O) groups excluding carboxylic acids is 1. The standard InChI is InChI=1S/C11H11NO/c1-12(2)11-7-3-5-10(9-11)6-4-8-13/h3,5,7-9H,1-2H3. The third kappa shape index (κ3) is 2.64. The minimum absolute atomic E-state index is 0.600. The van der Waals surface area contributed by atoms with E-state index in [1.165, 1.54) is 0 Å². The van der Waals surface area contributed by atoms with Crippen molar-refractivity contribution < 1.29 is 4.79 Å². The van der Waals surface area contributed by atoms with Crippen LogP contribution in [0.5, 0.6) is 0 Å². The van der Waals surface area contributed by atoms with E-state index >= 15 is 0 Å². The fourth-order valence-electron chi connectivity index (χ4n) is 0.975. The molecule has 0 heterocycles. The molecule has 0 spiro atoms. The zero-order valence-corrected chi connectivity index (χ0v) is 7.74. The SMILES string of the molecule is CN(C)c1cccc(C#CC=O)c1. The summed E-state index contributed by atoms with van der Waals surface area (Å²) in [6.45, 7) is 0. The zero-order valence-electron chi connectivity index (χ0n) is 7.74. The Hall–Kier alpha value is -1.75. The molecular weight excluding hydrogens is 162 g/mol. The van der Waals surface area contributed by atoms with Crippen LogP contribution in [0.2, 0.25) is 0 Å². The van der Waals surface area contributed by atoms with Crippen molar-refractivity contribution in [3.05, 3.63) is 29.8 Å². The number of hydrogen-bond donors (Lipinski definition) is 0. The van der Waals surface area contributed by atoms with Crippen molar-refractivity contribution in [1.82, 2.24) is 0 Å². The first-order valence-electron chi connectivity index (χ1n) is 3.96. The van der Waals surface area contributed by atoms with E-state index in [1.54, 1.807) is 0 Å². The van der Waals surface area contributed by atoms with E-state index in [4.69, 9.17) is 0 Å². The Morgan fingerprint density at radius 1 is 1.38 bits per heavy atom. The van der Waals surface area contributed by atoms with Crippen LogP contribution in [-0.2, 0) is 4.79 Å². The fourth-order valence-corrected chi connectivity index (χ4v) is 0.975. The second-order valence-electron chi connectivity index (χ2n) is 2.83. The number of carbonyl (C=O) groups is 1. The van der Waals surface area contributed by atoms with Gasteiger partial charge in [-0.15, -0.1) is 0 Å². The van der Waals surface area contributed by atoms with Crippen LogP contribution in [0.3, 0.4) is 0 Å². The first-order valence-corrected chi connectivity index (χ1v) is 3.96. The topological polar surface area (TPSA) is 20.3 Å². The van der Waals surface area contributed by atoms with Gasteiger partial charge in [0.05, 0.1) is 0 Å². The molecule has 1 rings (SSSR count). The Kier molecular flexibility index (Phi) is 3.10. The summed E-state index contributed by atoms with van der Waals surface area (Å²) in [5.41, 5.74) is 1.94. The molecule has 66 valence electrons. The zero-order chi connectivity index (χ0) is 9.68. The Balaban J connectivity index is 2.98. The third-order valence-electron chi connectivity index (χ3n) is 1.64. The molecule has 0 N–H and O–H groups in total. The van der Waals surface area contributed by atoms with Crippen molar-refractivity contribution in [1.29, 1.82) is 0 Å². The summed E-state index contributed by atoms with van der Waals surface area (Å²) >= 11 is 0. The summed E-state index contributed by atoms with van der Waals surface area (Å²) in [5, 5.41) is 0. The molecule has 1 aromatic rings. The molecule has 0 bridgehead atoms. The highest BCUT2D eigenvalue weighted by atomic mass is 16.1. The minimum atomic E-state index is 0.600. The number of benzene rings is 1. The third-order valence-corrected chi connectivity index (χ3v) is 1.64. The lowest BCUT2D eigenvalue weighted by Crippen LogP contribution is -2.08. The van der Waals surface area contributed by atoms with Crippen molar-refractivity contribution >= 4 is 12.0 Å². The highest BCUT2D eigenvalue weighted by Crippen LogP contribution is 2.11. The predicted molar refractivity (Wildman–Crippen MR) is 53.7 cm³/mol. The number of hydrogen-bond acceptors (Lipinski definition) is 2. The molecular formula is C11H11NO. The lowest BCUT2D eigenvalue weighted by molar-refractivity contribution is -0.103. The summed E-state index contributed by atoms with van der Waals surface area (Å²) in [6.07, 6.45) is 0.600. The van der Waals surface area contributed by atoms with Crippen molar-refractivity contribution in [2.45, 2.75) is 0 Å². The maximum Gasteiger partial charge on any atom is 0.193 e. The minimum Gasteiger partial charge on any atom is -0.378 e. The van der Waals surface area contributed by atoms with Crippen LogP contribution in [0, 0.1) is 11.8 Å². The molecule has 0 amide bonds. The maximum atomic E-state index is 10.0. The van der Waals surface area contributed by atoms with Crippen LogP contribution in [-0.4, -0.2) is 20.4 Å². The number of anilines is 1. The molecule has 0 radical (unpaired) electrons. The van der Waals surface area contributed by atoms with E-state index < -0.39 is 0 Å². The largest absolute Gasteiger partial charge is 0.378 e. The molecule has 0 saturated carbocycles. The Labute approximate surface area is 78.2 Å². The molecule has 0 aliphatic rings. The first-order chi connectivity index (χ1) is 6.24. The van der Waals surface area contributed by atoms with E-state index in [9.17, 15) is 4.79 Å². The lowest BCUT2D eigenvalue weighted by Gasteiger charge is -2.11. The summed E-state index contributed by atoms with van der Waals surface area (Å²) in [4.78, 5) is 12.0. The van der Waals surface area contributed by atoms with E-state index in [-0.39, 0.29) is 0 Å². The molecule has 0 aliphatic carbocycles. The van der Waals surface area contributed by atoms with Gasteiger partial charge in [0.2, 0.25) is 0 Å². The van der Waals surface area contributed by atoms with Gasteiger partial charge >= 0.3 is 0 Å². The van der Waals surface area contributed by atoms with Gasteiger partial charge in [-0.3, -0.25) is 4.79 Å². The highest BCUT2D eigenvalue weighted by molar-refractivity contribution is 5.74. The van der Waals surface area contributed by atoms with Gasteiger partial charge in [0.15, 0.2) is 6.29 Å². The van der Waals surface area contributed by atoms with Crippen LogP contribution in [0.4, 0.5) is 5.69 Å². The molecule has 0 aliphatic heterocycles. The summed E-state index contributed by atoms with van der Waals surface area (Å²) in [6, 6.07) is 7.73. The van der Waals surface area contributed by atoms with Gasteiger partial charge in [0.1, 0.15) is 0 Å². The first kappa shape index (κ1) is 9.34. The Morgan fingerprint density at radius 2 is 2.15 bits per heavy atom. The molecule has 0 saturated heterocycles. The van der Waals surface area contributed by atoms with Gasteiger partial charge in [0.25, 0.3) is 0 Å². The monoisotopic (exact) mass is 173 g/mol. The number of nitrogens with zero attached hydrogens (tertiary/aromatic N) is 1. The van der Waals surface area contributed by atoms with Crippen LogP contribution >= 0.6 is 0 Å². The van der Waals surface area contributed by atoms with Crippen molar-refractivity contribution in [2.24, 2.45) is 0 Å². The van der Waals surface area contributed by atoms with Gasteiger partial charge in [-0.1, -0.05) is 12.0 Å². The highest BCUT2D eigenvalue weighted by Gasteiger charge is 1.93. The molecule has 0 aromatic heterocycles. The second-order valence-corrected chi connectivity index (χ2v) is 2.83. The molecule has 13 heavy (non-hydrogen) atoms. The quantitative estimate of drug-likeness (QED) is 0.471. The normalized spacial score (nSPS) is 8.46. The molecule has 0 atom stereocenters. The average Bonchev–Trinajstić information content (AvgIpc) is 2.15. The van der Waals surface area contributed by atoms with E-state index in [0.717, 1.165) is 11.3 Å². The van der Waals surface area contributed by atoms with E-state index in [0.29, 0.717) is 6.29 Å². The average molecular weight is 173 g/mol. The maximum absolute atomic E-state index is 10.0. The second kappa shape index (κ2) is 4.32. The molecule has 2 nitrogen and oxygen atoms in total. The summed E-state index contributed by atoms with van der Waals surface area (Å²) in [5.74, 6) is 5.13. The number of rotatable bonds is 1. The van der Waals surface area contributed by atoms with Crippen molar-refractivity contribution in [3.63, 3.8) is 0 Å². The van der Waals surface area contributed by atoms with E-state index in [1.807, 2.05) is 43.3 Å². The number of aldehydes is 1. The molecule has 0 unspecified atom stereocenters. The van der Waals surface area contributed by atoms with Crippen molar-refractivity contribution in [3.8, 4) is 11.8 Å². The molecule has 1 aromatic carbocycles. The molecule has 0 fully saturated rings. The van der Waals surface area contributed by atoms with Crippen LogP contribution in [0.25, 0.3) is 0 Å². The van der Waals surface area contributed by atoms with Gasteiger partial charge in [-0.25, -0.2) is 0 Å². The Bertz CT molecular complexity index is 358. The van der Waals surface area contributed by atoms with Gasteiger partial charge < -0.3 is 4.90 Å².